The molecule has 0 aromatic heterocycles. The number of benzene rings is 2. The molecule has 1 heterocycles. The van der Waals surface area contributed by atoms with Gasteiger partial charge in [0.05, 0.1) is 6.54 Å². The van der Waals surface area contributed by atoms with Crippen molar-refractivity contribution in [2.24, 2.45) is 0 Å². The number of rotatable bonds is 7. The van der Waals surface area contributed by atoms with Crippen LogP contribution in [-0.4, -0.2) is 42.9 Å². The number of carbonyl (C=O) groups is 2. The standard InChI is InChI=1S/C26H34N4O2/c1-19(31)30-15-14-20-16-22(12-13-25(20)30)28-26(32)17-27-24-11-7-6-8-21(24)18-29(2)23-9-4-3-5-10-23/h6-8,11-13,16,23,27H,3-5,9-10,14-15,17-18H2,1-2H3,(H,28,32). The maximum absolute atomic E-state index is 12.6. The SMILES string of the molecule is CC(=O)N1CCc2cc(NC(=O)CNc3ccccc3CN(C)C3CCCCC3)ccc21. The zero-order chi connectivity index (χ0) is 22.5. The summed E-state index contributed by atoms with van der Waals surface area (Å²) in [5.74, 6) is -0.0284. The van der Waals surface area contributed by atoms with Crippen molar-refractivity contribution in [2.75, 3.05) is 35.7 Å². The van der Waals surface area contributed by atoms with Gasteiger partial charge in [-0.3, -0.25) is 14.5 Å². The average molecular weight is 435 g/mol. The molecule has 1 saturated carbocycles. The zero-order valence-electron chi connectivity index (χ0n) is 19.2. The lowest BCUT2D eigenvalue weighted by Crippen LogP contribution is -2.33. The van der Waals surface area contributed by atoms with E-state index in [1.165, 1.54) is 37.7 Å². The van der Waals surface area contributed by atoms with Gasteiger partial charge >= 0.3 is 0 Å². The lowest BCUT2D eigenvalue weighted by Gasteiger charge is -2.31. The van der Waals surface area contributed by atoms with E-state index in [0.717, 1.165) is 35.6 Å². The van der Waals surface area contributed by atoms with Crippen molar-refractivity contribution in [1.82, 2.24) is 4.90 Å². The predicted octanol–water partition coefficient (Wildman–Crippen LogP) is 4.41. The van der Waals surface area contributed by atoms with Gasteiger partial charge in [0.2, 0.25) is 11.8 Å². The molecule has 0 unspecified atom stereocenters. The Morgan fingerprint density at radius 2 is 1.88 bits per heavy atom. The maximum atomic E-state index is 12.6. The largest absolute Gasteiger partial charge is 0.376 e. The van der Waals surface area contributed by atoms with Gasteiger partial charge in [-0.25, -0.2) is 0 Å². The van der Waals surface area contributed by atoms with Gasteiger partial charge in [-0.1, -0.05) is 37.5 Å². The highest BCUT2D eigenvalue weighted by Gasteiger charge is 2.22. The van der Waals surface area contributed by atoms with Crippen LogP contribution in [0.4, 0.5) is 17.1 Å². The Morgan fingerprint density at radius 3 is 2.66 bits per heavy atom. The van der Waals surface area contributed by atoms with E-state index in [1.54, 1.807) is 11.8 Å². The average Bonchev–Trinajstić information content (AvgIpc) is 3.22. The van der Waals surface area contributed by atoms with E-state index in [1.807, 2.05) is 30.3 Å². The van der Waals surface area contributed by atoms with E-state index in [2.05, 4.69) is 34.7 Å². The molecule has 2 aromatic rings. The Labute approximate surface area is 191 Å². The molecular formula is C26H34N4O2. The molecule has 2 aromatic carbocycles. The summed E-state index contributed by atoms with van der Waals surface area (Å²) < 4.78 is 0. The van der Waals surface area contributed by atoms with Gasteiger partial charge in [0, 0.05) is 43.1 Å². The Balaban J connectivity index is 1.33. The highest BCUT2D eigenvalue weighted by atomic mass is 16.2. The second kappa shape index (κ2) is 10.2. The summed E-state index contributed by atoms with van der Waals surface area (Å²) in [7, 11) is 2.21. The first kappa shape index (κ1) is 22.3. The molecule has 6 heteroatoms. The van der Waals surface area contributed by atoms with E-state index in [0.29, 0.717) is 12.6 Å². The maximum Gasteiger partial charge on any atom is 0.243 e. The zero-order valence-corrected chi connectivity index (χ0v) is 19.2. The number of amides is 2. The molecule has 0 radical (unpaired) electrons. The number of nitrogens with one attached hydrogen (secondary N) is 2. The van der Waals surface area contributed by atoms with Gasteiger partial charge in [0.1, 0.15) is 0 Å². The molecular weight excluding hydrogens is 400 g/mol. The van der Waals surface area contributed by atoms with Crippen LogP contribution in [0.3, 0.4) is 0 Å². The molecule has 1 aliphatic carbocycles. The molecule has 0 atom stereocenters. The van der Waals surface area contributed by atoms with Crippen molar-refractivity contribution < 1.29 is 9.59 Å². The van der Waals surface area contributed by atoms with Crippen molar-refractivity contribution in [3.05, 3.63) is 53.6 Å². The lowest BCUT2D eigenvalue weighted by molar-refractivity contribution is -0.116. The molecule has 2 N–H and O–H groups in total. The molecule has 32 heavy (non-hydrogen) atoms. The third-order valence-electron chi connectivity index (χ3n) is 6.71. The summed E-state index contributed by atoms with van der Waals surface area (Å²) in [4.78, 5) is 28.5. The highest BCUT2D eigenvalue weighted by molar-refractivity contribution is 5.96. The van der Waals surface area contributed by atoms with Crippen LogP contribution in [0.2, 0.25) is 0 Å². The van der Waals surface area contributed by atoms with Crippen LogP contribution in [0.5, 0.6) is 0 Å². The quantitative estimate of drug-likeness (QED) is 0.678. The fourth-order valence-electron chi connectivity index (χ4n) is 4.94. The van der Waals surface area contributed by atoms with E-state index in [9.17, 15) is 9.59 Å². The summed E-state index contributed by atoms with van der Waals surface area (Å²) in [6.45, 7) is 3.38. The first-order chi connectivity index (χ1) is 15.5. The van der Waals surface area contributed by atoms with Crippen molar-refractivity contribution in [3.63, 3.8) is 0 Å². The summed E-state index contributed by atoms with van der Waals surface area (Å²) in [6, 6.07) is 14.7. The fourth-order valence-corrected chi connectivity index (χ4v) is 4.94. The van der Waals surface area contributed by atoms with E-state index in [4.69, 9.17) is 0 Å². The van der Waals surface area contributed by atoms with Crippen molar-refractivity contribution in [3.8, 4) is 0 Å². The number of hydrogen-bond donors (Lipinski definition) is 2. The first-order valence-corrected chi connectivity index (χ1v) is 11.7. The van der Waals surface area contributed by atoms with Crippen LogP contribution in [0.1, 0.15) is 50.2 Å². The van der Waals surface area contributed by atoms with E-state index in [-0.39, 0.29) is 18.4 Å². The van der Waals surface area contributed by atoms with E-state index >= 15 is 0 Å². The Morgan fingerprint density at radius 1 is 1.09 bits per heavy atom. The second-order valence-electron chi connectivity index (χ2n) is 9.03. The Bertz CT molecular complexity index is 968. The molecule has 2 aliphatic rings. The van der Waals surface area contributed by atoms with Gasteiger partial charge < -0.3 is 15.5 Å². The van der Waals surface area contributed by atoms with Crippen molar-refractivity contribution >= 4 is 28.9 Å². The van der Waals surface area contributed by atoms with Gasteiger partial charge in [0.15, 0.2) is 0 Å². The highest BCUT2D eigenvalue weighted by Crippen LogP contribution is 2.30. The molecule has 6 nitrogen and oxygen atoms in total. The minimum Gasteiger partial charge on any atom is -0.376 e. The van der Waals surface area contributed by atoms with Gasteiger partial charge in [-0.05, 0) is 61.7 Å². The van der Waals surface area contributed by atoms with Crippen molar-refractivity contribution in [2.45, 2.75) is 58.0 Å². The Kier molecular flexibility index (Phi) is 7.10. The minimum atomic E-state index is -0.0817. The number of hydrogen-bond acceptors (Lipinski definition) is 4. The molecule has 0 saturated heterocycles. The van der Waals surface area contributed by atoms with Crippen LogP contribution in [0.15, 0.2) is 42.5 Å². The summed E-state index contributed by atoms with van der Waals surface area (Å²) in [6.07, 6.45) is 7.38. The number of fused-ring (bicyclic) bond motifs is 1. The first-order valence-electron chi connectivity index (χ1n) is 11.7. The molecule has 0 bridgehead atoms. The molecule has 4 rings (SSSR count). The summed E-state index contributed by atoms with van der Waals surface area (Å²) in [5.41, 5.74) is 5.05. The Hall–Kier alpha value is -2.86. The van der Waals surface area contributed by atoms with Crippen molar-refractivity contribution in [1.29, 1.82) is 0 Å². The molecule has 2 amide bonds. The van der Waals surface area contributed by atoms with Gasteiger partial charge in [-0.2, -0.15) is 0 Å². The smallest absolute Gasteiger partial charge is 0.243 e. The number of anilines is 3. The molecule has 170 valence electrons. The lowest BCUT2D eigenvalue weighted by atomic mass is 9.94. The van der Waals surface area contributed by atoms with Crippen LogP contribution in [-0.2, 0) is 22.6 Å². The van der Waals surface area contributed by atoms with Crippen LogP contribution in [0, 0.1) is 0 Å². The van der Waals surface area contributed by atoms with Crippen LogP contribution in [0.25, 0.3) is 0 Å². The second-order valence-corrected chi connectivity index (χ2v) is 9.03. The number of para-hydroxylation sites is 1. The normalized spacial score (nSPS) is 16.2. The molecule has 1 aliphatic heterocycles. The molecule has 1 fully saturated rings. The van der Waals surface area contributed by atoms with Gasteiger partial charge in [-0.15, -0.1) is 0 Å². The third kappa shape index (κ3) is 5.30. The third-order valence-corrected chi connectivity index (χ3v) is 6.71. The topological polar surface area (TPSA) is 64.7 Å². The van der Waals surface area contributed by atoms with Gasteiger partial charge in [0.25, 0.3) is 0 Å². The molecule has 0 spiro atoms. The fraction of sp³-hybridized carbons (Fsp3) is 0.462. The summed E-state index contributed by atoms with van der Waals surface area (Å²) in [5, 5.41) is 6.31. The summed E-state index contributed by atoms with van der Waals surface area (Å²) >= 11 is 0. The minimum absolute atomic E-state index is 0.0533. The number of carbonyl (C=O) groups excluding carboxylic acids is 2. The monoisotopic (exact) mass is 434 g/mol. The number of nitrogens with zero attached hydrogens (tertiary/aromatic N) is 2. The van der Waals surface area contributed by atoms with Crippen LogP contribution >= 0.6 is 0 Å². The van der Waals surface area contributed by atoms with Crippen LogP contribution < -0.4 is 15.5 Å². The van der Waals surface area contributed by atoms with E-state index < -0.39 is 0 Å². The predicted molar refractivity (Wildman–Crippen MR) is 130 cm³/mol.